The minimum Gasteiger partial charge on any atom is -0.385 e. The van der Waals surface area contributed by atoms with Gasteiger partial charge in [-0.2, -0.15) is 0 Å². The average Bonchev–Trinajstić information content (AvgIpc) is 2.28. The standard InChI is InChI=1S/C17H26O/c1-12(2)15-10-9-13(3)11-17(15,18)16-8-6-5-7-14(16)4/h5-8,12-13,15,18H,9-11H2,1-4H3/t13-,15+,17+/m1/s1. The molecule has 1 heteroatoms. The molecule has 1 nitrogen and oxygen atoms in total. The van der Waals surface area contributed by atoms with E-state index in [-0.39, 0.29) is 0 Å². The van der Waals surface area contributed by atoms with Gasteiger partial charge in [0.05, 0.1) is 5.60 Å². The molecule has 1 aliphatic rings. The Bertz CT molecular complexity index is 410. The summed E-state index contributed by atoms with van der Waals surface area (Å²) in [5.74, 6) is 1.53. The Labute approximate surface area is 111 Å². The minimum absolute atomic E-state index is 0.384. The molecule has 0 spiro atoms. The quantitative estimate of drug-likeness (QED) is 0.826. The fourth-order valence-corrected chi connectivity index (χ4v) is 3.74. The molecule has 1 aromatic rings. The normalized spacial score (nSPS) is 32.8. The van der Waals surface area contributed by atoms with E-state index in [4.69, 9.17) is 0 Å². The molecule has 0 amide bonds. The van der Waals surface area contributed by atoms with E-state index in [0.717, 1.165) is 18.4 Å². The van der Waals surface area contributed by atoms with E-state index in [1.807, 2.05) is 0 Å². The molecule has 1 aliphatic carbocycles. The van der Waals surface area contributed by atoms with Gasteiger partial charge < -0.3 is 5.11 Å². The van der Waals surface area contributed by atoms with Gasteiger partial charge in [0, 0.05) is 0 Å². The molecule has 100 valence electrons. The topological polar surface area (TPSA) is 20.2 Å². The summed E-state index contributed by atoms with van der Waals surface area (Å²) in [6, 6.07) is 8.34. The summed E-state index contributed by atoms with van der Waals surface area (Å²) < 4.78 is 0. The average molecular weight is 246 g/mol. The Morgan fingerprint density at radius 1 is 1.22 bits per heavy atom. The molecular weight excluding hydrogens is 220 g/mol. The van der Waals surface area contributed by atoms with Crippen LogP contribution in [0, 0.1) is 24.7 Å². The molecule has 0 aliphatic heterocycles. The number of rotatable bonds is 2. The molecule has 0 bridgehead atoms. The first-order valence-electron chi connectivity index (χ1n) is 7.23. The van der Waals surface area contributed by atoms with Crippen molar-refractivity contribution in [3.05, 3.63) is 35.4 Å². The molecule has 0 unspecified atom stereocenters. The summed E-state index contributed by atoms with van der Waals surface area (Å²) in [6.07, 6.45) is 3.29. The number of hydrogen-bond acceptors (Lipinski definition) is 1. The van der Waals surface area contributed by atoms with Crippen molar-refractivity contribution in [1.82, 2.24) is 0 Å². The highest BCUT2D eigenvalue weighted by atomic mass is 16.3. The van der Waals surface area contributed by atoms with Crippen molar-refractivity contribution in [3.8, 4) is 0 Å². The van der Waals surface area contributed by atoms with E-state index in [1.54, 1.807) is 0 Å². The van der Waals surface area contributed by atoms with Gasteiger partial charge in [0.25, 0.3) is 0 Å². The van der Waals surface area contributed by atoms with E-state index in [0.29, 0.717) is 17.8 Å². The summed E-state index contributed by atoms with van der Waals surface area (Å²) in [7, 11) is 0. The number of aryl methyl sites for hydroxylation is 1. The summed E-state index contributed by atoms with van der Waals surface area (Å²) in [5.41, 5.74) is 1.74. The highest BCUT2D eigenvalue weighted by Crippen LogP contribution is 2.47. The summed E-state index contributed by atoms with van der Waals surface area (Å²) in [5, 5.41) is 11.3. The fraction of sp³-hybridized carbons (Fsp3) is 0.647. The maximum atomic E-state index is 11.3. The van der Waals surface area contributed by atoms with Gasteiger partial charge in [0.15, 0.2) is 0 Å². The summed E-state index contributed by atoms with van der Waals surface area (Å²) in [4.78, 5) is 0. The first-order chi connectivity index (χ1) is 8.45. The largest absolute Gasteiger partial charge is 0.385 e. The molecule has 1 saturated carbocycles. The molecule has 1 N–H and O–H groups in total. The summed E-state index contributed by atoms with van der Waals surface area (Å²) in [6.45, 7) is 8.86. The van der Waals surface area contributed by atoms with Crippen LogP contribution >= 0.6 is 0 Å². The Hall–Kier alpha value is -0.820. The Morgan fingerprint density at radius 2 is 1.89 bits per heavy atom. The lowest BCUT2D eigenvalue weighted by molar-refractivity contribution is -0.0869. The van der Waals surface area contributed by atoms with Gasteiger partial charge in [-0.25, -0.2) is 0 Å². The SMILES string of the molecule is Cc1ccccc1[C@]1(O)C[C@H](C)CC[C@H]1C(C)C. The Balaban J connectivity index is 2.44. The van der Waals surface area contributed by atoms with E-state index >= 15 is 0 Å². The third-order valence-electron chi connectivity index (χ3n) is 4.66. The van der Waals surface area contributed by atoms with Crippen LogP contribution in [-0.4, -0.2) is 5.11 Å². The van der Waals surface area contributed by atoms with E-state index in [9.17, 15) is 5.11 Å². The van der Waals surface area contributed by atoms with Crippen LogP contribution in [0.25, 0.3) is 0 Å². The maximum Gasteiger partial charge on any atom is 0.0932 e. The van der Waals surface area contributed by atoms with E-state index in [2.05, 4.69) is 52.0 Å². The molecule has 0 saturated heterocycles. The fourth-order valence-electron chi connectivity index (χ4n) is 3.74. The second kappa shape index (κ2) is 5.05. The smallest absolute Gasteiger partial charge is 0.0932 e. The number of benzene rings is 1. The molecule has 1 fully saturated rings. The van der Waals surface area contributed by atoms with Gasteiger partial charge in [-0.3, -0.25) is 0 Å². The highest BCUT2D eigenvalue weighted by molar-refractivity contribution is 5.32. The van der Waals surface area contributed by atoms with Crippen LogP contribution in [0.5, 0.6) is 0 Å². The van der Waals surface area contributed by atoms with Gasteiger partial charge in [-0.05, 0) is 48.6 Å². The maximum absolute atomic E-state index is 11.3. The first-order valence-corrected chi connectivity index (χ1v) is 7.23. The molecule has 18 heavy (non-hydrogen) atoms. The first kappa shape index (κ1) is 13.6. The van der Waals surface area contributed by atoms with Crippen molar-refractivity contribution in [2.75, 3.05) is 0 Å². The lowest BCUT2D eigenvalue weighted by Gasteiger charge is -2.45. The zero-order valence-corrected chi connectivity index (χ0v) is 12.1. The molecule has 3 atom stereocenters. The van der Waals surface area contributed by atoms with Gasteiger partial charge in [-0.1, -0.05) is 51.5 Å². The molecule has 0 aromatic heterocycles. The van der Waals surface area contributed by atoms with Crippen LogP contribution in [0.1, 0.15) is 51.2 Å². The summed E-state index contributed by atoms with van der Waals surface area (Å²) >= 11 is 0. The monoisotopic (exact) mass is 246 g/mol. The van der Waals surface area contributed by atoms with Crippen molar-refractivity contribution >= 4 is 0 Å². The predicted octanol–water partition coefficient (Wildman–Crippen LogP) is 4.27. The van der Waals surface area contributed by atoms with Crippen molar-refractivity contribution < 1.29 is 5.11 Å². The predicted molar refractivity (Wildman–Crippen MR) is 76.4 cm³/mol. The van der Waals surface area contributed by atoms with E-state index < -0.39 is 5.60 Å². The number of hydrogen-bond donors (Lipinski definition) is 1. The van der Waals surface area contributed by atoms with Crippen molar-refractivity contribution in [1.29, 1.82) is 0 Å². The third-order valence-corrected chi connectivity index (χ3v) is 4.66. The van der Waals surface area contributed by atoms with Crippen molar-refractivity contribution in [2.24, 2.45) is 17.8 Å². The van der Waals surface area contributed by atoms with Gasteiger partial charge in [0.1, 0.15) is 0 Å². The van der Waals surface area contributed by atoms with Crippen molar-refractivity contribution in [2.45, 2.75) is 52.6 Å². The zero-order valence-electron chi connectivity index (χ0n) is 12.1. The Kier molecular flexibility index (Phi) is 3.82. The Morgan fingerprint density at radius 3 is 2.50 bits per heavy atom. The van der Waals surface area contributed by atoms with Crippen LogP contribution in [0.3, 0.4) is 0 Å². The van der Waals surface area contributed by atoms with Gasteiger partial charge >= 0.3 is 0 Å². The second-order valence-corrected chi connectivity index (χ2v) is 6.48. The molecule has 0 radical (unpaired) electrons. The highest BCUT2D eigenvalue weighted by Gasteiger charge is 2.44. The van der Waals surface area contributed by atoms with Crippen LogP contribution in [-0.2, 0) is 5.60 Å². The van der Waals surface area contributed by atoms with Gasteiger partial charge in [-0.15, -0.1) is 0 Å². The lowest BCUT2D eigenvalue weighted by atomic mass is 9.64. The second-order valence-electron chi connectivity index (χ2n) is 6.48. The molecule has 0 heterocycles. The van der Waals surface area contributed by atoms with Crippen LogP contribution in [0.15, 0.2) is 24.3 Å². The van der Waals surface area contributed by atoms with E-state index in [1.165, 1.54) is 12.0 Å². The zero-order chi connectivity index (χ0) is 13.3. The van der Waals surface area contributed by atoms with Crippen molar-refractivity contribution in [3.63, 3.8) is 0 Å². The van der Waals surface area contributed by atoms with Crippen LogP contribution in [0.4, 0.5) is 0 Å². The molecule has 1 aromatic carbocycles. The van der Waals surface area contributed by atoms with Gasteiger partial charge in [0.2, 0.25) is 0 Å². The molecular formula is C17H26O. The lowest BCUT2D eigenvalue weighted by Crippen LogP contribution is -2.43. The van der Waals surface area contributed by atoms with Crippen LogP contribution in [0.2, 0.25) is 0 Å². The number of aliphatic hydroxyl groups is 1. The van der Waals surface area contributed by atoms with Crippen LogP contribution < -0.4 is 0 Å². The minimum atomic E-state index is -0.628. The molecule has 2 rings (SSSR count). The third kappa shape index (κ3) is 2.33.